The smallest absolute Gasteiger partial charge is 0.313 e. The molecule has 3 fully saturated rings. The van der Waals surface area contributed by atoms with Crippen LogP contribution in [-0.2, 0) is 28.7 Å². The molecule has 3 aliphatic heterocycles. The number of carbonyl (C=O) groups excluding carboxylic acids is 4. The molecule has 45 heavy (non-hydrogen) atoms. The molecule has 2 bridgehead atoms. The molecule has 0 aliphatic carbocycles. The third-order valence-corrected chi connectivity index (χ3v) is 9.11. The SMILES string of the molecule is C=CCCC(=O)NC[C@@H](OC(=O)[C@@H]1[C@@H]2CC[C@]3(O2)[C@H](C(=O)N(CC=C)c2ccc(Cl)cc2)N(CCO)C(=O)[C@@H]13)c1ccccc1. The van der Waals surface area contributed by atoms with Crippen molar-refractivity contribution in [1.29, 1.82) is 0 Å². The molecule has 3 heterocycles. The summed E-state index contributed by atoms with van der Waals surface area (Å²) in [4.78, 5) is 57.6. The summed E-state index contributed by atoms with van der Waals surface area (Å²) < 4.78 is 12.5. The quantitative estimate of drug-likeness (QED) is 0.240. The van der Waals surface area contributed by atoms with Crippen LogP contribution in [0, 0.1) is 11.8 Å². The van der Waals surface area contributed by atoms with E-state index >= 15 is 0 Å². The molecule has 5 rings (SSSR count). The minimum Gasteiger partial charge on any atom is -0.455 e. The number of rotatable bonds is 14. The molecule has 1 spiro atoms. The number of benzene rings is 2. The van der Waals surface area contributed by atoms with Crippen molar-refractivity contribution in [2.45, 2.75) is 49.5 Å². The summed E-state index contributed by atoms with van der Waals surface area (Å²) in [6.07, 6.45) is 3.42. The van der Waals surface area contributed by atoms with Crippen molar-refractivity contribution < 1.29 is 33.8 Å². The van der Waals surface area contributed by atoms with Gasteiger partial charge in [0.15, 0.2) is 0 Å². The lowest BCUT2D eigenvalue weighted by molar-refractivity contribution is -0.160. The Hall–Kier alpha value is -3.99. The van der Waals surface area contributed by atoms with Gasteiger partial charge in [-0.05, 0) is 49.1 Å². The molecule has 0 aromatic heterocycles. The van der Waals surface area contributed by atoms with Crippen molar-refractivity contribution in [2.75, 3.05) is 31.1 Å². The number of nitrogens with one attached hydrogen (secondary N) is 1. The zero-order valence-electron chi connectivity index (χ0n) is 25.0. The number of likely N-dealkylation sites (tertiary alicyclic amines) is 1. The van der Waals surface area contributed by atoms with Gasteiger partial charge in [-0.2, -0.15) is 0 Å². The highest BCUT2D eigenvalue weighted by Crippen LogP contribution is 2.59. The van der Waals surface area contributed by atoms with Gasteiger partial charge in [0.25, 0.3) is 5.91 Å². The first-order valence-electron chi connectivity index (χ1n) is 15.2. The lowest BCUT2D eigenvalue weighted by Crippen LogP contribution is -2.56. The van der Waals surface area contributed by atoms with E-state index in [0.717, 1.165) is 0 Å². The van der Waals surface area contributed by atoms with Crippen molar-refractivity contribution in [2.24, 2.45) is 11.8 Å². The fraction of sp³-hybridized carbons (Fsp3) is 0.412. The Labute approximate surface area is 267 Å². The number of allylic oxidation sites excluding steroid dienone is 1. The Morgan fingerprint density at radius 3 is 2.56 bits per heavy atom. The molecule has 0 radical (unpaired) electrons. The monoisotopic (exact) mass is 635 g/mol. The molecule has 2 N–H and O–H groups in total. The average molecular weight is 636 g/mol. The predicted molar refractivity (Wildman–Crippen MR) is 168 cm³/mol. The lowest BCUT2D eigenvalue weighted by Gasteiger charge is -2.36. The van der Waals surface area contributed by atoms with Gasteiger partial charge in [0.1, 0.15) is 17.7 Å². The summed E-state index contributed by atoms with van der Waals surface area (Å²) >= 11 is 6.09. The number of hydrogen-bond acceptors (Lipinski definition) is 7. The fourth-order valence-electron chi connectivity index (χ4n) is 6.91. The third kappa shape index (κ3) is 6.27. The first-order valence-corrected chi connectivity index (χ1v) is 15.5. The molecule has 0 unspecified atom stereocenters. The van der Waals surface area contributed by atoms with E-state index in [-0.39, 0.29) is 38.6 Å². The number of ether oxygens (including phenoxy) is 2. The van der Waals surface area contributed by atoms with Gasteiger partial charge in [0.2, 0.25) is 11.8 Å². The first-order chi connectivity index (χ1) is 21.7. The first kappa shape index (κ1) is 32.4. The molecule has 11 heteroatoms. The zero-order chi connectivity index (χ0) is 32.1. The van der Waals surface area contributed by atoms with E-state index in [1.54, 1.807) is 48.6 Å². The molecule has 2 aromatic rings. The maximum atomic E-state index is 14.4. The summed E-state index contributed by atoms with van der Waals surface area (Å²) in [7, 11) is 0. The van der Waals surface area contributed by atoms with Crippen LogP contribution in [-0.4, -0.2) is 77.7 Å². The highest BCUT2D eigenvalue weighted by molar-refractivity contribution is 6.30. The summed E-state index contributed by atoms with van der Waals surface area (Å²) in [5.74, 6) is -3.61. The number of anilines is 1. The molecule has 3 aliphatic rings. The molecular weight excluding hydrogens is 598 g/mol. The molecule has 10 nitrogen and oxygen atoms in total. The van der Waals surface area contributed by atoms with Crippen LogP contribution in [0.5, 0.6) is 0 Å². The molecule has 2 aromatic carbocycles. The number of aliphatic hydroxyl groups is 1. The van der Waals surface area contributed by atoms with Crippen LogP contribution >= 0.6 is 11.6 Å². The number of hydrogen-bond donors (Lipinski definition) is 2. The van der Waals surface area contributed by atoms with Crippen LogP contribution in [0.3, 0.4) is 0 Å². The molecule has 238 valence electrons. The number of halogens is 1. The van der Waals surface area contributed by atoms with Crippen LogP contribution < -0.4 is 10.2 Å². The van der Waals surface area contributed by atoms with Gasteiger partial charge in [-0.15, -0.1) is 13.2 Å². The summed E-state index contributed by atoms with van der Waals surface area (Å²) in [5, 5.41) is 13.2. The van der Waals surface area contributed by atoms with E-state index < -0.39 is 53.5 Å². The minimum atomic E-state index is -1.27. The summed E-state index contributed by atoms with van der Waals surface area (Å²) in [5.41, 5.74) is -0.0284. The Morgan fingerprint density at radius 1 is 1.16 bits per heavy atom. The molecule has 3 amide bonds. The number of β-amino-alcohol motifs (C(OH)–C–C–N with tert-alkyl or cyclic N) is 1. The second-order valence-corrected chi connectivity index (χ2v) is 11.9. The zero-order valence-corrected chi connectivity index (χ0v) is 25.7. The highest BCUT2D eigenvalue weighted by atomic mass is 35.5. The topological polar surface area (TPSA) is 125 Å². The summed E-state index contributed by atoms with van der Waals surface area (Å²) in [6, 6.07) is 14.7. The summed E-state index contributed by atoms with van der Waals surface area (Å²) in [6.45, 7) is 7.17. The molecular formula is C34H38ClN3O7. The highest BCUT2D eigenvalue weighted by Gasteiger charge is 2.75. The largest absolute Gasteiger partial charge is 0.455 e. The number of carbonyl (C=O) groups is 4. The number of nitrogens with zero attached hydrogens (tertiary/aromatic N) is 2. The predicted octanol–water partition coefficient (Wildman–Crippen LogP) is 3.59. The fourth-order valence-corrected chi connectivity index (χ4v) is 7.04. The lowest BCUT2D eigenvalue weighted by atomic mass is 9.70. The van der Waals surface area contributed by atoms with Gasteiger partial charge in [-0.25, -0.2) is 0 Å². The average Bonchev–Trinajstić information content (AvgIpc) is 3.69. The Kier molecular flexibility index (Phi) is 10.1. The molecule has 3 saturated heterocycles. The van der Waals surface area contributed by atoms with Gasteiger partial charge in [-0.1, -0.05) is 54.1 Å². The van der Waals surface area contributed by atoms with Crippen LogP contribution in [0.2, 0.25) is 5.02 Å². The van der Waals surface area contributed by atoms with Crippen molar-refractivity contribution in [3.8, 4) is 0 Å². The van der Waals surface area contributed by atoms with Crippen LogP contribution in [0.4, 0.5) is 5.69 Å². The van der Waals surface area contributed by atoms with Crippen LogP contribution in [0.15, 0.2) is 79.9 Å². The van der Waals surface area contributed by atoms with Crippen LogP contribution in [0.1, 0.15) is 37.4 Å². The number of amides is 3. The van der Waals surface area contributed by atoms with E-state index in [1.807, 2.05) is 18.2 Å². The van der Waals surface area contributed by atoms with Crippen molar-refractivity contribution >= 4 is 41.0 Å². The van der Waals surface area contributed by atoms with Crippen LogP contribution in [0.25, 0.3) is 0 Å². The number of fused-ring (bicyclic) bond motifs is 1. The van der Waals surface area contributed by atoms with Crippen molar-refractivity contribution in [3.05, 3.63) is 90.5 Å². The van der Waals surface area contributed by atoms with Gasteiger partial charge in [0, 0.05) is 30.2 Å². The van der Waals surface area contributed by atoms with Gasteiger partial charge >= 0.3 is 5.97 Å². The van der Waals surface area contributed by atoms with Crippen molar-refractivity contribution in [3.63, 3.8) is 0 Å². The van der Waals surface area contributed by atoms with Gasteiger partial charge < -0.3 is 29.7 Å². The van der Waals surface area contributed by atoms with E-state index in [1.165, 1.54) is 9.80 Å². The Balaban J connectivity index is 1.43. The van der Waals surface area contributed by atoms with E-state index in [2.05, 4.69) is 18.5 Å². The third-order valence-electron chi connectivity index (χ3n) is 8.85. The Bertz CT molecular complexity index is 1440. The minimum absolute atomic E-state index is 0.0447. The molecule has 0 saturated carbocycles. The van der Waals surface area contributed by atoms with E-state index in [0.29, 0.717) is 35.5 Å². The maximum Gasteiger partial charge on any atom is 0.313 e. The standard InChI is InChI=1S/C34H38ClN3O7/c1-3-5-11-27(40)36-21-26(22-9-7-6-8-10-22)44-33(43)28-25-16-17-34(45-25)29(28)31(41)38(19-20-39)30(34)32(42)37(18-4-2)24-14-12-23(35)13-15-24/h3-4,6-10,12-15,25-26,28-30,39H,1-2,5,11,16-21H2,(H,36,40)/t25-,26+,28+,29+,30-,34+/m0/s1. The van der Waals surface area contributed by atoms with Gasteiger partial charge in [0.05, 0.1) is 31.1 Å². The Morgan fingerprint density at radius 2 is 1.89 bits per heavy atom. The van der Waals surface area contributed by atoms with E-state index in [9.17, 15) is 24.3 Å². The second-order valence-electron chi connectivity index (χ2n) is 11.5. The van der Waals surface area contributed by atoms with Gasteiger partial charge in [-0.3, -0.25) is 19.2 Å². The second kappa shape index (κ2) is 14.0. The maximum absolute atomic E-state index is 14.4. The number of aliphatic hydroxyl groups excluding tert-OH is 1. The van der Waals surface area contributed by atoms with Crippen molar-refractivity contribution in [1.82, 2.24) is 10.2 Å². The van der Waals surface area contributed by atoms with E-state index in [4.69, 9.17) is 21.1 Å². The normalized spacial score (nSPS) is 25.4. The number of esters is 1. The molecule has 6 atom stereocenters.